The second-order valence-corrected chi connectivity index (χ2v) is 21.6. The van der Waals surface area contributed by atoms with Crippen molar-refractivity contribution in [3.63, 3.8) is 0 Å². The number of hydrogen-bond acceptors (Lipinski definition) is 2. The Balaban J connectivity index is 1.07. The van der Waals surface area contributed by atoms with E-state index in [1.165, 1.54) is 44.5 Å². The first-order valence-corrected chi connectivity index (χ1v) is 25.8. The van der Waals surface area contributed by atoms with Gasteiger partial charge in [0.25, 0.3) is 0 Å². The van der Waals surface area contributed by atoms with Gasteiger partial charge < -0.3 is 0 Å². The van der Waals surface area contributed by atoms with E-state index in [2.05, 4.69) is 187 Å². The van der Waals surface area contributed by atoms with Gasteiger partial charge in [-0.05, 0) is 172 Å². The Kier molecular flexibility index (Phi) is 10.3. The highest BCUT2D eigenvalue weighted by atomic mass is 16.1. The molecule has 0 saturated carbocycles. The summed E-state index contributed by atoms with van der Waals surface area (Å²) in [5, 5.41) is 4.46. The van der Waals surface area contributed by atoms with Crippen LogP contribution < -0.4 is 0 Å². The number of aryl methyl sites for hydroxylation is 2. The van der Waals surface area contributed by atoms with Crippen LogP contribution in [0.3, 0.4) is 0 Å². The average Bonchev–Trinajstić information content (AvgIpc) is 3.81. The fourth-order valence-corrected chi connectivity index (χ4v) is 12.6. The van der Waals surface area contributed by atoms with E-state index in [9.17, 15) is 9.59 Å². The normalized spacial score (nSPS) is 13.6. The lowest BCUT2D eigenvalue weighted by Gasteiger charge is -2.23. The van der Waals surface area contributed by atoms with Gasteiger partial charge in [-0.2, -0.15) is 0 Å². The van der Waals surface area contributed by atoms with Gasteiger partial charge in [-0.1, -0.05) is 210 Å². The third-order valence-corrected chi connectivity index (χ3v) is 16.5. The molecular weight excluding hydrogens is 897 g/mol. The van der Waals surface area contributed by atoms with E-state index >= 15 is 0 Å². The molecule has 0 aromatic heterocycles. The van der Waals surface area contributed by atoms with Crippen LogP contribution >= 0.6 is 0 Å². The molecule has 13 rings (SSSR count). The molecule has 0 unspecified atom stereocenters. The van der Waals surface area contributed by atoms with E-state index in [0.29, 0.717) is 22.3 Å². The zero-order valence-electron chi connectivity index (χ0n) is 42.6. The van der Waals surface area contributed by atoms with E-state index in [4.69, 9.17) is 0 Å². The second-order valence-electron chi connectivity index (χ2n) is 21.6. The summed E-state index contributed by atoms with van der Waals surface area (Å²) in [4.78, 5) is 28.0. The van der Waals surface area contributed by atoms with Gasteiger partial charge in [-0.3, -0.25) is 9.59 Å². The molecular formula is C72H54O2. The molecule has 354 valence electrons. The van der Waals surface area contributed by atoms with Crippen LogP contribution in [-0.2, 0) is 10.8 Å². The first-order chi connectivity index (χ1) is 35.9. The Hall–Kier alpha value is -8.72. The van der Waals surface area contributed by atoms with E-state index in [1.807, 2.05) is 72.8 Å². The molecule has 0 saturated heterocycles. The molecule has 0 bridgehead atoms. The van der Waals surface area contributed by atoms with Crippen molar-refractivity contribution in [1.29, 1.82) is 0 Å². The highest BCUT2D eigenvalue weighted by molar-refractivity contribution is 6.23. The summed E-state index contributed by atoms with van der Waals surface area (Å²) in [7, 11) is 0. The van der Waals surface area contributed by atoms with Crippen LogP contribution in [0.2, 0.25) is 0 Å². The molecule has 0 spiro atoms. The van der Waals surface area contributed by atoms with Gasteiger partial charge in [-0.15, -0.1) is 0 Å². The Labute approximate surface area is 433 Å². The van der Waals surface area contributed by atoms with Crippen LogP contribution in [0, 0.1) is 13.8 Å². The molecule has 2 heteroatoms. The topological polar surface area (TPSA) is 34.1 Å². The van der Waals surface area contributed by atoms with Gasteiger partial charge in [0.15, 0.2) is 11.6 Å². The molecule has 0 atom stereocenters. The zero-order chi connectivity index (χ0) is 50.6. The molecule has 0 radical (unpaired) electrons. The fraction of sp³-hybridized carbons (Fsp3) is 0.111. The van der Waals surface area contributed by atoms with Crippen molar-refractivity contribution >= 4 is 33.1 Å². The molecule has 11 aromatic rings. The summed E-state index contributed by atoms with van der Waals surface area (Å²) in [6.45, 7) is 13.6. The molecule has 74 heavy (non-hydrogen) atoms. The van der Waals surface area contributed by atoms with Crippen molar-refractivity contribution in [1.82, 2.24) is 0 Å². The monoisotopic (exact) mass is 950 g/mol. The maximum atomic E-state index is 14.0. The van der Waals surface area contributed by atoms with Crippen LogP contribution in [0.5, 0.6) is 0 Å². The van der Waals surface area contributed by atoms with Crippen molar-refractivity contribution in [2.24, 2.45) is 0 Å². The van der Waals surface area contributed by atoms with E-state index in [0.717, 1.165) is 77.2 Å². The molecule has 2 nitrogen and oxygen atoms in total. The minimum absolute atomic E-state index is 0.00390. The predicted octanol–water partition coefficient (Wildman–Crippen LogP) is 18.4. The third kappa shape index (κ3) is 7.00. The summed E-state index contributed by atoms with van der Waals surface area (Å²) in [5.41, 5.74) is 24.0. The van der Waals surface area contributed by atoms with E-state index < -0.39 is 0 Å². The van der Waals surface area contributed by atoms with Crippen LogP contribution in [-0.4, -0.2) is 11.6 Å². The maximum Gasteiger partial charge on any atom is 0.193 e. The summed E-state index contributed by atoms with van der Waals surface area (Å²) < 4.78 is 0. The largest absolute Gasteiger partial charge is 0.289 e. The van der Waals surface area contributed by atoms with Gasteiger partial charge in [0.1, 0.15) is 0 Å². The molecule has 0 N–H and O–H groups in total. The average molecular weight is 951 g/mol. The summed E-state index contributed by atoms with van der Waals surface area (Å²) in [5.74, 6) is 0.00781. The van der Waals surface area contributed by atoms with E-state index in [1.54, 1.807) is 0 Å². The van der Waals surface area contributed by atoms with Crippen LogP contribution in [0.4, 0.5) is 0 Å². The number of rotatable bonds is 8. The highest BCUT2D eigenvalue weighted by Crippen LogP contribution is 2.53. The molecule has 0 amide bonds. The first kappa shape index (κ1) is 45.2. The standard InChI is InChI=1S/C72H54O2/c1-43-37-51(69(73)45-17-9-7-10-18-45)29-31-53(43)67-59-35-27-48(50-26-34-58-56-22-14-16-24-64(56)72(5,6)66(58)42-50)40-62(59)68(54-32-30-52(38-44(54)2)70(74)46-19-11-8-12-20-46)60-36-28-47(39-61(60)67)49-25-33-57-55-21-13-15-23-63(55)71(3,4)65(57)41-49/h7-42H,1-6H3. The lowest BCUT2D eigenvalue weighted by atomic mass is 9.80. The third-order valence-electron chi connectivity index (χ3n) is 16.5. The Bertz CT molecular complexity index is 3900. The van der Waals surface area contributed by atoms with Crippen molar-refractivity contribution < 1.29 is 9.59 Å². The lowest BCUT2D eigenvalue weighted by molar-refractivity contribution is 0.103. The van der Waals surface area contributed by atoms with Crippen LogP contribution in [0.25, 0.3) is 88.3 Å². The van der Waals surface area contributed by atoms with Crippen molar-refractivity contribution in [2.45, 2.75) is 52.4 Å². The smallest absolute Gasteiger partial charge is 0.193 e. The fourth-order valence-electron chi connectivity index (χ4n) is 12.6. The van der Waals surface area contributed by atoms with Crippen molar-refractivity contribution in [3.05, 3.63) is 274 Å². The number of fused-ring (bicyclic) bond motifs is 8. The molecule has 2 aliphatic carbocycles. The van der Waals surface area contributed by atoms with E-state index in [-0.39, 0.29) is 22.4 Å². The minimum Gasteiger partial charge on any atom is -0.289 e. The Morgan fingerprint density at radius 3 is 1.03 bits per heavy atom. The number of hydrogen-bond donors (Lipinski definition) is 0. The Morgan fingerprint density at radius 1 is 0.284 bits per heavy atom. The highest BCUT2D eigenvalue weighted by Gasteiger charge is 2.37. The van der Waals surface area contributed by atoms with Crippen molar-refractivity contribution in [3.8, 4) is 66.8 Å². The number of ketones is 2. The number of carbonyl (C=O) groups is 2. The molecule has 0 fully saturated rings. The lowest BCUT2D eigenvalue weighted by Crippen LogP contribution is -2.14. The quantitative estimate of drug-likeness (QED) is 0.112. The molecule has 0 heterocycles. The number of benzene rings is 11. The van der Waals surface area contributed by atoms with Crippen molar-refractivity contribution in [2.75, 3.05) is 0 Å². The molecule has 11 aromatic carbocycles. The predicted molar refractivity (Wildman–Crippen MR) is 308 cm³/mol. The summed E-state index contributed by atoms with van der Waals surface area (Å²) in [6, 6.07) is 77.2. The van der Waals surface area contributed by atoms with Crippen LogP contribution in [0.1, 0.15) is 92.9 Å². The molecule has 0 aliphatic heterocycles. The number of carbonyl (C=O) groups excluding carboxylic acids is 2. The SMILES string of the molecule is Cc1cc(C(=O)c2ccccc2)ccc1-c1c2ccc(-c3ccc4c(c3)C(C)(C)c3ccccc3-4)cc2c(-c2ccc(C(=O)c3ccccc3)cc2C)c2ccc(-c3ccc4c(c3)C(C)(C)c3ccccc3-4)cc12. The maximum absolute atomic E-state index is 14.0. The Morgan fingerprint density at radius 2 is 0.622 bits per heavy atom. The van der Waals surface area contributed by atoms with Gasteiger partial charge in [0, 0.05) is 33.1 Å². The second kappa shape index (κ2) is 16.9. The minimum atomic E-state index is -0.148. The first-order valence-electron chi connectivity index (χ1n) is 25.8. The van der Waals surface area contributed by atoms with Gasteiger partial charge in [0.05, 0.1) is 0 Å². The van der Waals surface area contributed by atoms with Crippen LogP contribution in [0.15, 0.2) is 218 Å². The summed E-state index contributed by atoms with van der Waals surface area (Å²) >= 11 is 0. The summed E-state index contributed by atoms with van der Waals surface area (Å²) in [6.07, 6.45) is 0. The molecule has 2 aliphatic rings. The van der Waals surface area contributed by atoms with Gasteiger partial charge >= 0.3 is 0 Å². The van der Waals surface area contributed by atoms with Gasteiger partial charge in [-0.25, -0.2) is 0 Å². The zero-order valence-corrected chi connectivity index (χ0v) is 42.6. The van der Waals surface area contributed by atoms with Gasteiger partial charge in [0.2, 0.25) is 0 Å².